The highest BCUT2D eigenvalue weighted by molar-refractivity contribution is 5.55. The summed E-state index contributed by atoms with van der Waals surface area (Å²) in [5.41, 5.74) is 1.19. The highest BCUT2D eigenvalue weighted by atomic mass is 16.7. The van der Waals surface area contributed by atoms with Crippen LogP contribution in [0, 0.1) is 5.92 Å². The van der Waals surface area contributed by atoms with Crippen LogP contribution in [0.5, 0.6) is 17.2 Å². The molecule has 1 fully saturated rings. The monoisotopic (exact) mass is 291 g/mol. The number of hydrogen-bond donors (Lipinski definition) is 1. The minimum absolute atomic E-state index is 0.281. The van der Waals surface area contributed by atoms with E-state index in [-0.39, 0.29) is 6.79 Å². The maximum absolute atomic E-state index is 5.47. The first-order valence-electron chi connectivity index (χ1n) is 8.00. The van der Waals surface area contributed by atoms with Crippen molar-refractivity contribution in [3.05, 3.63) is 17.7 Å². The van der Waals surface area contributed by atoms with E-state index in [1.807, 2.05) is 6.07 Å². The summed E-state index contributed by atoms with van der Waals surface area (Å²) in [5, 5.41) is 3.67. The van der Waals surface area contributed by atoms with E-state index in [1.165, 1.54) is 37.7 Å². The van der Waals surface area contributed by atoms with Crippen LogP contribution >= 0.6 is 0 Å². The van der Waals surface area contributed by atoms with Crippen molar-refractivity contribution in [3.8, 4) is 17.2 Å². The molecule has 1 aromatic rings. The third kappa shape index (κ3) is 3.26. The average molecular weight is 291 g/mol. The molecular weight excluding hydrogens is 266 g/mol. The van der Waals surface area contributed by atoms with E-state index in [1.54, 1.807) is 7.11 Å². The van der Waals surface area contributed by atoms with Crippen molar-refractivity contribution in [2.75, 3.05) is 13.9 Å². The van der Waals surface area contributed by atoms with Crippen LogP contribution in [0.4, 0.5) is 0 Å². The Balaban J connectivity index is 1.58. The summed E-state index contributed by atoms with van der Waals surface area (Å²) in [6.07, 6.45) is 6.63. The molecule has 0 aromatic heterocycles. The smallest absolute Gasteiger partial charge is 0.231 e. The summed E-state index contributed by atoms with van der Waals surface area (Å²) >= 11 is 0. The Kier molecular flexibility index (Phi) is 4.54. The Bertz CT molecular complexity index is 481. The predicted octanol–water partition coefficient (Wildman–Crippen LogP) is 3.48. The highest BCUT2D eigenvalue weighted by Crippen LogP contribution is 2.41. The average Bonchev–Trinajstić information content (AvgIpc) is 3.01. The lowest BCUT2D eigenvalue weighted by Gasteiger charge is -2.28. The molecule has 21 heavy (non-hydrogen) atoms. The molecule has 4 heteroatoms. The van der Waals surface area contributed by atoms with Gasteiger partial charge in [0.15, 0.2) is 11.5 Å². The van der Waals surface area contributed by atoms with Gasteiger partial charge in [-0.15, -0.1) is 0 Å². The molecule has 1 aromatic carbocycles. The molecular formula is C17H25NO3. The van der Waals surface area contributed by atoms with Gasteiger partial charge in [0.05, 0.1) is 7.11 Å². The van der Waals surface area contributed by atoms with Crippen LogP contribution in [-0.4, -0.2) is 19.9 Å². The zero-order chi connectivity index (χ0) is 14.7. The van der Waals surface area contributed by atoms with Crippen molar-refractivity contribution in [2.24, 2.45) is 5.92 Å². The number of nitrogens with one attached hydrogen (secondary N) is 1. The number of fused-ring (bicyclic) bond motifs is 1. The van der Waals surface area contributed by atoms with Gasteiger partial charge in [0.2, 0.25) is 12.5 Å². The molecule has 1 aliphatic carbocycles. The largest absolute Gasteiger partial charge is 0.493 e. The Morgan fingerprint density at radius 3 is 2.71 bits per heavy atom. The second kappa shape index (κ2) is 6.56. The summed E-state index contributed by atoms with van der Waals surface area (Å²) in [6, 6.07) is 4.73. The van der Waals surface area contributed by atoms with Crippen molar-refractivity contribution in [1.82, 2.24) is 5.32 Å². The molecule has 1 saturated carbocycles. The Morgan fingerprint density at radius 2 is 2.00 bits per heavy atom. The molecule has 0 amide bonds. The van der Waals surface area contributed by atoms with Gasteiger partial charge in [-0.1, -0.05) is 13.3 Å². The van der Waals surface area contributed by atoms with Crippen molar-refractivity contribution in [3.63, 3.8) is 0 Å². The molecule has 0 spiro atoms. The molecule has 0 radical (unpaired) electrons. The van der Waals surface area contributed by atoms with Gasteiger partial charge in [-0.05, 0) is 49.3 Å². The predicted molar refractivity (Wildman–Crippen MR) is 82.0 cm³/mol. The second-order valence-corrected chi connectivity index (χ2v) is 6.04. The molecule has 0 bridgehead atoms. The molecule has 2 aliphatic rings. The first-order chi connectivity index (χ1) is 10.3. The van der Waals surface area contributed by atoms with Crippen LogP contribution in [0.1, 0.15) is 44.6 Å². The van der Waals surface area contributed by atoms with Crippen LogP contribution in [0.3, 0.4) is 0 Å². The lowest BCUT2D eigenvalue weighted by atomic mass is 9.84. The van der Waals surface area contributed by atoms with Gasteiger partial charge in [0, 0.05) is 12.6 Å². The standard InChI is InChI=1S/C17H25NO3/c1-3-12-4-6-14(7-5-12)18-10-13-8-15(19-2)17-16(9-13)20-11-21-17/h8-9,12,14,18H,3-7,10-11H2,1-2H3. The van der Waals surface area contributed by atoms with E-state index in [4.69, 9.17) is 14.2 Å². The number of ether oxygens (including phenoxy) is 3. The first kappa shape index (κ1) is 14.5. The van der Waals surface area contributed by atoms with Crippen molar-refractivity contribution in [2.45, 2.75) is 51.6 Å². The Hall–Kier alpha value is -1.42. The number of methoxy groups -OCH3 is 1. The lowest BCUT2D eigenvalue weighted by Crippen LogP contribution is -2.32. The van der Waals surface area contributed by atoms with Gasteiger partial charge in [0.25, 0.3) is 0 Å². The minimum atomic E-state index is 0.281. The number of hydrogen-bond acceptors (Lipinski definition) is 4. The van der Waals surface area contributed by atoms with Crippen molar-refractivity contribution in [1.29, 1.82) is 0 Å². The SMILES string of the molecule is CCC1CCC(NCc2cc(OC)c3c(c2)OCO3)CC1. The zero-order valence-corrected chi connectivity index (χ0v) is 13.0. The van der Waals surface area contributed by atoms with Crippen molar-refractivity contribution < 1.29 is 14.2 Å². The second-order valence-electron chi connectivity index (χ2n) is 6.04. The fraction of sp³-hybridized carbons (Fsp3) is 0.647. The van der Waals surface area contributed by atoms with Crippen LogP contribution in [0.2, 0.25) is 0 Å². The van der Waals surface area contributed by atoms with E-state index in [9.17, 15) is 0 Å². The third-order valence-electron chi connectivity index (χ3n) is 4.74. The molecule has 0 unspecified atom stereocenters. The fourth-order valence-corrected chi connectivity index (χ4v) is 3.32. The quantitative estimate of drug-likeness (QED) is 0.901. The third-order valence-corrected chi connectivity index (χ3v) is 4.74. The molecule has 3 rings (SSSR count). The van der Waals surface area contributed by atoms with Gasteiger partial charge in [-0.25, -0.2) is 0 Å². The van der Waals surface area contributed by atoms with Gasteiger partial charge in [-0.2, -0.15) is 0 Å². The van der Waals surface area contributed by atoms with Crippen molar-refractivity contribution >= 4 is 0 Å². The molecule has 1 heterocycles. The summed E-state index contributed by atoms with van der Waals surface area (Å²) in [7, 11) is 1.67. The summed E-state index contributed by atoms with van der Waals surface area (Å²) < 4.78 is 16.3. The van der Waals surface area contributed by atoms with E-state index >= 15 is 0 Å². The fourth-order valence-electron chi connectivity index (χ4n) is 3.32. The molecule has 1 aliphatic heterocycles. The summed E-state index contributed by atoms with van der Waals surface area (Å²) in [5.74, 6) is 3.22. The van der Waals surface area contributed by atoms with Gasteiger partial charge >= 0.3 is 0 Å². The highest BCUT2D eigenvalue weighted by Gasteiger charge is 2.22. The van der Waals surface area contributed by atoms with E-state index < -0.39 is 0 Å². The normalized spacial score (nSPS) is 24.1. The minimum Gasteiger partial charge on any atom is -0.493 e. The summed E-state index contributed by atoms with van der Waals surface area (Å²) in [6.45, 7) is 3.44. The molecule has 4 nitrogen and oxygen atoms in total. The van der Waals surface area contributed by atoms with Gasteiger partial charge in [0.1, 0.15) is 0 Å². The van der Waals surface area contributed by atoms with Crippen LogP contribution in [-0.2, 0) is 6.54 Å². The van der Waals surface area contributed by atoms with Crippen LogP contribution in [0.15, 0.2) is 12.1 Å². The van der Waals surface area contributed by atoms with Crippen LogP contribution < -0.4 is 19.5 Å². The Morgan fingerprint density at radius 1 is 1.19 bits per heavy atom. The Labute approximate surface area is 126 Å². The molecule has 116 valence electrons. The first-order valence-corrected chi connectivity index (χ1v) is 8.00. The van der Waals surface area contributed by atoms with E-state index in [2.05, 4.69) is 18.3 Å². The topological polar surface area (TPSA) is 39.7 Å². The van der Waals surface area contributed by atoms with Gasteiger partial charge in [-0.3, -0.25) is 0 Å². The maximum atomic E-state index is 5.47. The number of rotatable bonds is 5. The molecule has 0 saturated heterocycles. The van der Waals surface area contributed by atoms with E-state index in [0.29, 0.717) is 6.04 Å². The lowest BCUT2D eigenvalue weighted by molar-refractivity contribution is 0.171. The van der Waals surface area contributed by atoms with E-state index in [0.717, 1.165) is 29.7 Å². The van der Waals surface area contributed by atoms with Crippen LogP contribution in [0.25, 0.3) is 0 Å². The number of benzene rings is 1. The van der Waals surface area contributed by atoms with Gasteiger partial charge < -0.3 is 19.5 Å². The molecule has 0 atom stereocenters. The zero-order valence-electron chi connectivity index (χ0n) is 13.0. The maximum Gasteiger partial charge on any atom is 0.231 e. The summed E-state index contributed by atoms with van der Waals surface area (Å²) in [4.78, 5) is 0. The molecule has 1 N–H and O–H groups in total.